The van der Waals surface area contributed by atoms with Gasteiger partial charge in [-0.2, -0.15) is 4.98 Å². The Labute approximate surface area is 152 Å². The number of hydrogen-bond acceptors (Lipinski definition) is 4. The lowest BCUT2D eigenvalue weighted by Crippen LogP contribution is -2.11. The van der Waals surface area contributed by atoms with E-state index in [4.69, 9.17) is 4.52 Å². The summed E-state index contributed by atoms with van der Waals surface area (Å²) in [5.41, 5.74) is 3.38. The van der Waals surface area contributed by atoms with Crippen LogP contribution in [0.2, 0.25) is 0 Å². The Morgan fingerprint density at radius 3 is 2.42 bits per heavy atom. The molecule has 132 valence electrons. The molecule has 2 aromatic carbocycles. The van der Waals surface area contributed by atoms with Crippen molar-refractivity contribution in [1.82, 2.24) is 10.1 Å². The molecule has 1 N–H and O–H groups in total. The van der Waals surface area contributed by atoms with Gasteiger partial charge in [-0.1, -0.05) is 47.8 Å². The van der Waals surface area contributed by atoms with Gasteiger partial charge in [0.25, 0.3) is 5.91 Å². The SMILES string of the molecule is Cc1ccc(NC(=O)c2ccc(-c3noc(C4CCCC4)n3)cc2)cc1. The average Bonchev–Trinajstić information content (AvgIpc) is 3.35. The predicted octanol–water partition coefficient (Wildman–Crippen LogP) is 4.95. The molecule has 1 aromatic heterocycles. The van der Waals surface area contributed by atoms with Crippen molar-refractivity contribution in [2.75, 3.05) is 5.32 Å². The molecule has 0 bridgehead atoms. The van der Waals surface area contributed by atoms with E-state index in [-0.39, 0.29) is 5.91 Å². The monoisotopic (exact) mass is 347 g/mol. The van der Waals surface area contributed by atoms with Crippen LogP contribution in [-0.4, -0.2) is 16.0 Å². The second kappa shape index (κ2) is 7.12. The largest absolute Gasteiger partial charge is 0.339 e. The molecular formula is C21H21N3O2. The van der Waals surface area contributed by atoms with Gasteiger partial charge in [0.1, 0.15) is 0 Å². The van der Waals surface area contributed by atoms with Gasteiger partial charge in [0.15, 0.2) is 0 Å². The third-order valence-corrected chi connectivity index (χ3v) is 4.86. The van der Waals surface area contributed by atoms with Gasteiger partial charge < -0.3 is 9.84 Å². The second-order valence-electron chi connectivity index (χ2n) is 6.84. The van der Waals surface area contributed by atoms with Crippen LogP contribution in [0, 0.1) is 6.92 Å². The predicted molar refractivity (Wildman–Crippen MR) is 100 cm³/mol. The summed E-state index contributed by atoms with van der Waals surface area (Å²) in [6.45, 7) is 2.01. The minimum atomic E-state index is -0.139. The molecule has 0 unspecified atom stereocenters. The fraction of sp³-hybridized carbons (Fsp3) is 0.286. The van der Waals surface area contributed by atoms with Crippen LogP contribution in [0.15, 0.2) is 53.1 Å². The first-order valence-electron chi connectivity index (χ1n) is 9.01. The molecule has 26 heavy (non-hydrogen) atoms. The number of rotatable bonds is 4. The summed E-state index contributed by atoms with van der Waals surface area (Å²) in [6.07, 6.45) is 4.71. The van der Waals surface area contributed by atoms with E-state index in [2.05, 4.69) is 15.5 Å². The number of nitrogens with zero attached hydrogens (tertiary/aromatic N) is 2. The Kier molecular flexibility index (Phi) is 4.52. The van der Waals surface area contributed by atoms with E-state index in [9.17, 15) is 4.79 Å². The van der Waals surface area contributed by atoms with Gasteiger partial charge >= 0.3 is 0 Å². The molecule has 5 heteroatoms. The molecular weight excluding hydrogens is 326 g/mol. The smallest absolute Gasteiger partial charge is 0.255 e. The van der Waals surface area contributed by atoms with Crippen molar-refractivity contribution in [1.29, 1.82) is 0 Å². The Bertz CT molecular complexity index is 892. The van der Waals surface area contributed by atoms with E-state index >= 15 is 0 Å². The van der Waals surface area contributed by atoms with Crippen molar-refractivity contribution < 1.29 is 9.32 Å². The number of nitrogens with one attached hydrogen (secondary N) is 1. The molecule has 0 spiro atoms. The third-order valence-electron chi connectivity index (χ3n) is 4.86. The first-order valence-corrected chi connectivity index (χ1v) is 9.01. The number of hydrogen-bond donors (Lipinski definition) is 1. The van der Waals surface area contributed by atoms with E-state index in [0.717, 1.165) is 35.5 Å². The number of carbonyl (C=O) groups is 1. The summed E-state index contributed by atoms with van der Waals surface area (Å²) in [7, 11) is 0. The minimum absolute atomic E-state index is 0.139. The zero-order chi connectivity index (χ0) is 17.9. The van der Waals surface area contributed by atoms with Gasteiger partial charge in [-0.3, -0.25) is 4.79 Å². The van der Waals surface area contributed by atoms with Crippen LogP contribution in [-0.2, 0) is 0 Å². The van der Waals surface area contributed by atoms with Gasteiger partial charge in [0.05, 0.1) is 0 Å². The van der Waals surface area contributed by atoms with Crippen LogP contribution in [0.5, 0.6) is 0 Å². The quantitative estimate of drug-likeness (QED) is 0.724. The number of amides is 1. The van der Waals surface area contributed by atoms with Crippen molar-refractivity contribution in [3.8, 4) is 11.4 Å². The fourth-order valence-electron chi connectivity index (χ4n) is 3.30. The molecule has 1 saturated carbocycles. The Morgan fingerprint density at radius 2 is 1.73 bits per heavy atom. The van der Waals surface area contributed by atoms with E-state index in [1.54, 1.807) is 12.1 Å². The van der Waals surface area contributed by atoms with E-state index < -0.39 is 0 Å². The molecule has 1 aliphatic carbocycles. The highest BCUT2D eigenvalue weighted by Crippen LogP contribution is 2.33. The first-order chi connectivity index (χ1) is 12.7. The highest BCUT2D eigenvalue weighted by molar-refractivity contribution is 6.04. The standard InChI is InChI=1S/C21H21N3O2/c1-14-6-12-18(13-7-14)22-20(25)16-10-8-15(9-11-16)19-23-21(26-24-19)17-4-2-3-5-17/h6-13,17H,2-5H2,1H3,(H,22,25). The maximum absolute atomic E-state index is 12.4. The lowest BCUT2D eigenvalue weighted by atomic mass is 10.1. The van der Waals surface area contributed by atoms with Gasteiger partial charge in [0, 0.05) is 22.7 Å². The van der Waals surface area contributed by atoms with Crippen LogP contribution in [0.4, 0.5) is 5.69 Å². The molecule has 1 heterocycles. The van der Waals surface area contributed by atoms with E-state index in [1.165, 1.54) is 12.8 Å². The maximum atomic E-state index is 12.4. The van der Waals surface area contributed by atoms with Crippen molar-refractivity contribution in [2.24, 2.45) is 0 Å². The highest BCUT2D eigenvalue weighted by atomic mass is 16.5. The summed E-state index contributed by atoms with van der Waals surface area (Å²) in [6, 6.07) is 15.0. The first kappa shape index (κ1) is 16.5. The van der Waals surface area contributed by atoms with Crippen molar-refractivity contribution in [3.05, 3.63) is 65.5 Å². The fourth-order valence-corrected chi connectivity index (χ4v) is 3.30. The number of aryl methyl sites for hydroxylation is 1. The lowest BCUT2D eigenvalue weighted by molar-refractivity contribution is 0.102. The van der Waals surface area contributed by atoms with Crippen LogP contribution in [0.25, 0.3) is 11.4 Å². The topological polar surface area (TPSA) is 68.0 Å². The van der Waals surface area contributed by atoms with Crippen LogP contribution in [0.3, 0.4) is 0 Å². The molecule has 0 saturated heterocycles. The molecule has 1 aliphatic rings. The Morgan fingerprint density at radius 1 is 1.04 bits per heavy atom. The Balaban J connectivity index is 1.46. The minimum Gasteiger partial charge on any atom is -0.339 e. The average molecular weight is 347 g/mol. The summed E-state index contributed by atoms with van der Waals surface area (Å²) >= 11 is 0. The van der Waals surface area contributed by atoms with Gasteiger partial charge in [0.2, 0.25) is 11.7 Å². The van der Waals surface area contributed by atoms with Crippen LogP contribution < -0.4 is 5.32 Å². The number of benzene rings is 2. The lowest BCUT2D eigenvalue weighted by Gasteiger charge is -2.06. The zero-order valence-electron chi connectivity index (χ0n) is 14.7. The van der Waals surface area contributed by atoms with Crippen molar-refractivity contribution in [2.45, 2.75) is 38.5 Å². The Hall–Kier alpha value is -2.95. The molecule has 3 aromatic rings. The number of aromatic nitrogens is 2. The molecule has 1 fully saturated rings. The second-order valence-corrected chi connectivity index (χ2v) is 6.84. The number of carbonyl (C=O) groups excluding carboxylic acids is 1. The van der Waals surface area contributed by atoms with Gasteiger partial charge in [-0.05, 0) is 44.0 Å². The number of anilines is 1. The van der Waals surface area contributed by atoms with E-state index in [0.29, 0.717) is 17.3 Å². The van der Waals surface area contributed by atoms with Crippen LogP contribution >= 0.6 is 0 Å². The van der Waals surface area contributed by atoms with Crippen molar-refractivity contribution in [3.63, 3.8) is 0 Å². The van der Waals surface area contributed by atoms with E-state index in [1.807, 2.05) is 43.3 Å². The maximum Gasteiger partial charge on any atom is 0.255 e. The molecule has 0 aliphatic heterocycles. The third kappa shape index (κ3) is 3.52. The van der Waals surface area contributed by atoms with Gasteiger partial charge in [-0.15, -0.1) is 0 Å². The normalized spacial score (nSPS) is 14.5. The van der Waals surface area contributed by atoms with Crippen LogP contribution in [0.1, 0.15) is 53.4 Å². The van der Waals surface area contributed by atoms with Crippen molar-refractivity contribution >= 4 is 11.6 Å². The van der Waals surface area contributed by atoms with Gasteiger partial charge in [-0.25, -0.2) is 0 Å². The molecule has 0 atom stereocenters. The molecule has 1 amide bonds. The summed E-state index contributed by atoms with van der Waals surface area (Å²) in [4.78, 5) is 16.9. The molecule has 0 radical (unpaired) electrons. The summed E-state index contributed by atoms with van der Waals surface area (Å²) < 4.78 is 5.43. The molecule has 4 rings (SSSR count). The summed E-state index contributed by atoms with van der Waals surface area (Å²) in [5, 5.41) is 6.99. The zero-order valence-corrected chi connectivity index (χ0v) is 14.7. The summed E-state index contributed by atoms with van der Waals surface area (Å²) in [5.74, 6) is 1.58. The molecule has 5 nitrogen and oxygen atoms in total. The highest BCUT2D eigenvalue weighted by Gasteiger charge is 2.23.